The minimum Gasteiger partial charge on any atom is -0.317 e. The topological polar surface area (TPSA) is 48.5 Å². The molecule has 0 aliphatic heterocycles. The molecule has 2 saturated carbocycles. The van der Waals surface area contributed by atoms with Crippen LogP contribution in [0.2, 0.25) is 0 Å². The summed E-state index contributed by atoms with van der Waals surface area (Å²) in [5.41, 5.74) is 7.00. The van der Waals surface area contributed by atoms with E-state index in [-0.39, 0.29) is 0 Å². The molecule has 0 N–H and O–H groups in total. The van der Waals surface area contributed by atoms with Gasteiger partial charge in [-0.1, -0.05) is 93.1 Å². The van der Waals surface area contributed by atoms with Crippen molar-refractivity contribution in [3.8, 4) is 22.8 Å². The fraction of sp³-hybridized carbons (Fsp3) is 0.267. The van der Waals surface area contributed by atoms with E-state index in [0.29, 0.717) is 11.8 Å². The Morgan fingerprint density at radius 1 is 0.460 bits per heavy atom. The average Bonchev–Trinajstić information content (AvgIpc) is 3.77. The molecule has 2 aliphatic rings. The van der Waals surface area contributed by atoms with Crippen molar-refractivity contribution in [1.29, 1.82) is 0 Å². The van der Waals surface area contributed by atoms with Crippen molar-refractivity contribution in [3.05, 3.63) is 127 Å². The molecule has 0 amide bonds. The van der Waals surface area contributed by atoms with E-state index in [1.165, 1.54) is 113 Å². The molecule has 0 unspecified atom stereocenters. The van der Waals surface area contributed by atoms with Gasteiger partial charge in [-0.2, -0.15) is 0 Å². The fourth-order valence-corrected chi connectivity index (χ4v) is 8.91. The molecule has 0 bridgehead atoms. The minimum atomic E-state index is 0.442. The van der Waals surface area contributed by atoms with Crippen molar-refractivity contribution >= 4 is 43.5 Å². The van der Waals surface area contributed by atoms with Gasteiger partial charge in [-0.05, 0) is 91.1 Å². The van der Waals surface area contributed by atoms with Crippen molar-refractivity contribution < 1.29 is 0 Å². The van der Waals surface area contributed by atoms with Gasteiger partial charge < -0.3 is 9.13 Å². The Morgan fingerprint density at radius 2 is 1.14 bits per heavy atom. The molecule has 50 heavy (non-hydrogen) atoms. The predicted molar refractivity (Wildman–Crippen MR) is 206 cm³/mol. The zero-order valence-corrected chi connectivity index (χ0v) is 28.4. The van der Waals surface area contributed by atoms with Crippen LogP contribution in [0, 0.1) is 0 Å². The molecular weight excluding hydrogens is 611 g/mol. The highest BCUT2D eigenvalue weighted by atomic mass is 15.0. The van der Waals surface area contributed by atoms with Gasteiger partial charge in [0.15, 0.2) is 5.82 Å². The lowest BCUT2D eigenvalue weighted by Gasteiger charge is -2.24. The highest BCUT2D eigenvalue weighted by molar-refractivity contribution is 6.18. The van der Waals surface area contributed by atoms with Crippen molar-refractivity contribution in [1.82, 2.24) is 24.1 Å². The summed E-state index contributed by atoms with van der Waals surface area (Å²) in [4.78, 5) is 15.7. The molecule has 3 aromatic heterocycles. The van der Waals surface area contributed by atoms with Crippen molar-refractivity contribution in [2.75, 3.05) is 0 Å². The SMILES string of the molecule is c1ccc(-n2ccc3c4cc5c6ccccc6n(-c6cccc(-c7nc(C8CCCCC8)nc(C8CCCCC8)n7)c6)c5cc4ccc32)cc1. The van der Waals surface area contributed by atoms with E-state index in [2.05, 4.69) is 125 Å². The van der Waals surface area contributed by atoms with Crippen molar-refractivity contribution in [2.45, 2.75) is 76.0 Å². The molecule has 3 heterocycles. The third-order valence-corrected chi connectivity index (χ3v) is 11.5. The first-order valence-electron chi connectivity index (χ1n) is 18.7. The van der Waals surface area contributed by atoms with E-state index >= 15 is 0 Å². The van der Waals surface area contributed by atoms with E-state index in [1.54, 1.807) is 0 Å². The zero-order valence-electron chi connectivity index (χ0n) is 28.4. The number of rotatable bonds is 5. The maximum Gasteiger partial charge on any atom is 0.163 e. The predicted octanol–water partition coefficient (Wildman–Crippen LogP) is 11.8. The lowest BCUT2D eigenvalue weighted by molar-refractivity contribution is 0.409. The summed E-state index contributed by atoms with van der Waals surface area (Å²) < 4.78 is 4.71. The summed E-state index contributed by atoms with van der Waals surface area (Å²) in [5.74, 6) is 3.77. The smallest absolute Gasteiger partial charge is 0.163 e. The van der Waals surface area contributed by atoms with Gasteiger partial charge in [-0.25, -0.2) is 15.0 Å². The quantitative estimate of drug-likeness (QED) is 0.186. The number of hydrogen-bond donors (Lipinski definition) is 0. The molecule has 2 aliphatic carbocycles. The highest BCUT2D eigenvalue weighted by Gasteiger charge is 2.25. The Hall–Kier alpha value is -5.29. The summed E-state index contributed by atoms with van der Waals surface area (Å²) in [6, 6.07) is 39.9. The van der Waals surface area contributed by atoms with Crippen LogP contribution in [0.25, 0.3) is 66.2 Å². The molecule has 8 aromatic rings. The van der Waals surface area contributed by atoms with Gasteiger partial charge in [0.2, 0.25) is 0 Å². The molecule has 5 heteroatoms. The van der Waals surface area contributed by atoms with Crippen LogP contribution in [0.4, 0.5) is 0 Å². The van der Waals surface area contributed by atoms with Crippen LogP contribution in [0.3, 0.4) is 0 Å². The minimum absolute atomic E-state index is 0.442. The van der Waals surface area contributed by atoms with Crippen molar-refractivity contribution in [2.24, 2.45) is 0 Å². The van der Waals surface area contributed by atoms with E-state index in [1.807, 2.05) is 0 Å². The second kappa shape index (κ2) is 12.2. The molecule has 10 rings (SSSR count). The van der Waals surface area contributed by atoms with Crippen LogP contribution >= 0.6 is 0 Å². The summed E-state index contributed by atoms with van der Waals surface area (Å²) in [7, 11) is 0. The first kappa shape index (κ1) is 29.6. The number of nitrogens with zero attached hydrogens (tertiary/aromatic N) is 5. The number of fused-ring (bicyclic) bond motifs is 6. The summed E-state index contributed by atoms with van der Waals surface area (Å²) in [5, 5.41) is 6.30. The van der Waals surface area contributed by atoms with Crippen LogP contribution in [-0.2, 0) is 0 Å². The van der Waals surface area contributed by atoms with Gasteiger partial charge in [-0.3, -0.25) is 0 Å². The Balaban J connectivity index is 1.13. The Morgan fingerprint density at radius 3 is 1.90 bits per heavy atom. The largest absolute Gasteiger partial charge is 0.317 e. The average molecular weight is 652 g/mol. The van der Waals surface area contributed by atoms with E-state index < -0.39 is 0 Å². The molecular formula is C45H41N5. The first-order chi connectivity index (χ1) is 24.8. The standard InChI is InChI=1S/C45H41N5/c1-4-13-30(14-5-1)43-46-44(31-15-6-2-7-16-31)48-45(47-43)33-17-12-20-35(27-33)50-41-22-11-10-21-36(41)39-29-38-32(28-42(39)50)23-24-40-37(38)25-26-49(40)34-18-8-3-9-19-34/h3,8-12,17-31H,1-2,4-7,13-16H2. The number of para-hydroxylation sites is 2. The molecule has 5 aromatic carbocycles. The van der Waals surface area contributed by atoms with Gasteiger partial charge in [-0.15, -0.1) is 0 Å². The summed E-state index contributed by atoms with van der Waals surface area (Å²) in [6.07, 6.45) is 14.7. The van der Waals surface area contributed by atoms with Gasteiger partial charge in [0.25, 0.3) is 0 Å². The van der Waals surface area contributed by atoms with Gasteiger partial charge >= 0.3 is 0 Å². The Kier molecular flexibility index (Phi) is 7.25. The molecule has 2 fully saturated rings. The lowest BCUT2D eigenvalue weighted by atomic mass is 9.87. The maximum atomic E-state index is 5.23. The molecule has 0 radical (unpaired) electrons. The van der Waals surface area contributed by atoms with Gasteiger partial charge in [0.05, 0.1) is 16.6 Å². The number of benzene rings is 5. The molecule has 0 atom stereocenters. The molecule has 0 saturated heterocycles. The second-order valence-electron chi connectivity index (χ2n) is 14.6. The molecule has 5 nitrogen and oxygen atoms in total. The van der Waals surface area contributed by atoms with Crippen LogP contribution < -0.4 is 0 Å². The molecule has 0 spiro atoms. The van der Waals surface area contributed by atoms with Gasteiger partial charge in [0, 0.05) is 51.1 Å². The summed E-state index contributed by atoms with van der Waals surface area (Å²) in [6.45, 7) is 0. The van der Waals surface area contributed by atoms with E-state index in [0.717, 1.165) is 28.7 Å². The van der Waals surface area contributed by atoms with Crippen molar-refractivity contribution in [3.63, 3.8) is 0 Å². The lowest BCUT2D eigenvalue weighted by Crippen LogP contribution is -2.16. The molecule has 246 valence electrons. The first-order valence-corrected chi connectivity index (χ1v) is 18.7. The number of hydrogen-bond acceptors (Lipinski definition) is 3. The zero-order chi connectivity index (χ0) is 33.0. The van der Waals surface area contributed by atoms with Crippen LogP contribution in [-0.4, -0.2) is 24.1 Å². The maximum absolute atomic E-state index is 5.23. The second-order valence-corrected chi connectivity index (χ2v) is 14.6. The number of aromatic nitrogens is 5. The fourth-order valence-electron chi connectivity index (χ4n) is 8.91. The van der Waals surface area contributed by atoms with E-state index in [4.69, 9.17) is 15.0 Å². The van der Waals surface area contributed by atoms with Crippen LogP contribution in [0.15, 0.2) is 115 Å². The van der Waals surface area contributed by atoms with Crippen LogP contribution in [0.5, 0.6) is 0 Å². The third kappa shape index (κ3) is 5.02. The summed E-state index contributed by atoms with van der Waals surface area (Å²) >= 11 is 0. The Bertz CT molecular complexity index is 2480. The van der Waals surface area contributed by atoms with E-state index in [9.17, 15) is 0 Å². The Labute approximate surface area is 292 Å². The van der Waals surface area contributed by atoms with Crippen LogP contribution in [0.1, 0.15) is 87.7 Å². The van der Waals surface area contributed by atoms with Gasteiger partial charge in [0.1, 0.15) is 11.6 Å². The third-order valence-electron chi connectivity index (χ3n) is 11.5. The monoisotopic (exact) mass is 651 g/mol. The normalized spacial score (nSPS) is 16.2. The highest BCUT2D eigenvalue weighted by Crippen LogP contribution is 2.39.